The van der Waals surface area contributed by atoms with E-state index in [0.717, 1.165) is 14.5 Å². The summed E-state index contributed by atoms with van der Waals surface area (Å²) in [6.45, 7) is 0.297. The molecule has 1 aromatic rings. The summed E-state index contributed by atoms with van der Waals surface area (Å²) in [6, 6.07) is 2.53. The van der Waals surface area contributed by atoms with Gasteiger partial charge >= 0.3 is 5.97 Å². The van der Waals surface area contributed by atoms with E-state index in [-0.39, 0.29) is 12.4 Å². The number of carbonyl (C=O) groups excluding carboxylic acids is 1. The van der Waals surface area contributed by atoms with Crippen molar-refractivity contribution in [1.82, 2.24) is 5.32 Å². The number of carbonyl (C=O) groups is 2. The number of carboxylic acid groups (broad SMARTS) is 1. The molecule has 1 aromatic carbocycles. The van der Waals surface area contributed by atoms with Gasteiger partial charge in [-0.3, -0.25) is 9.79 Å². The molecule has 0 aliphatic carbocycles. The van der Waals surface area contributed by atoms with Gasteiger partial charge in [0.05, 0.1) is 16.1 Å². The molecular formula is C16H20Br2N4O4. The van der Waals surface area contributed by atoms with E-state index in [0.29, 0.717) is 18.7 Å². The SMILES string of the molecule is COc1c(Br)cc(C=CC(=O)N[C@H](CCCN=C(N)N)C(=O)O)cc1Br. The minimum Gasteiger partial charge on any atom is -0.494 e. The molecule has 1 amide bonds. The van der Waals surface area contributed by atoms with Gasteiger partial charge in [-0.2, -0.15) is 0 Å². The molecule has 0 heterocycles. The average Bonchev–Trinajstić information content (AvgIpc) is 2.55. The smallest absolute Gasteiger partial charge is 0.326 e. The molecule has 0 unspecified atom stereocenters. The van der Waals surface area contributed by atoms with Gasteiger partial charge < -0.3 is 26.6 Å². The van der Waals surface area contributed by atoms with E-state index in [1.807, 2.05) is 0 Å². The van der Waals surface area contributed by atoms with Gasteiger partial charge in [0.2, 0.25) is 5.91 Å². The summed E-state index contributed by atoms with van der Waals surface area (Å²) < 4.78 is 6.65. The molecular weight excluding hydrogens is 472 g/mol. The van der Waals surface area contributed by atoms with Crippen molar-refractivity contribution in [3.05, 3.63) is 32.7 Å². The minimum atomic E-state index is -1.12. The number of amides is 1. The van der Waals surface area contributed by atoms with Crippen LogP contribution in [0, 0.1) is 0 Å². The van der Waals surface area contributed by atoms with Gasteiger partial charge in [0.25, 0.3) is 0 Å². The van der Waals surface area contributed by atoms with Crippen molar-refractivity contribution in [3.8, 4) is 5.75 Å². The van der Waals surface area contributed by atoms with Gasteiger partial charge in [-0.1, -0.05) is 0 Å². The fraction of sp³-hybridized carbons (Fsp3) is 0.312. The number of nitrogens with two attached hydrogens (primary N) is 2. The van der Waals surface area contributed by atoms with Crippen molar-refractivity contribution in [2.45, 2.75) is 18.9 Å². The van der Waals surface area contributed by atoms with Crippen LogP contribution in [0.25, 0.3) is 6.08 Å². The number of aliphatic imine (C=N–C) groups is 1. The fourth-order valence-corrected chi connectivity index (χ4v) is 3.57. The van der Waals surface area contributed by atoms with E-state index in [1.165, 1.54) is 6.08 Å². The van der Waals surface area contributed by atoms with Crippen LogP contribution in [0.3, 0.4) is 0 Å². The first-order valence-electron chi connectivity index (χ1n) is 7.54. The second-order valence-corrected chi connectivity index (χ2v) is 6.91. The van der Waals surface area contributed by atoms with Crippen LogP contribution in [-0.4, -0.2) is 42.6 Å². The molecule has 8 nitrogen and oxygen atoms in total. The van der Waals surface area contributed by atoms with Crippen molar-refractivity contribution in [1.29, 1.82) is 0 Å². The summed E-state index contributed by atoms with van der Waals surface area (Å²) in [5, 5.41) is 11.6. The fourth-order valence-electron chi connectivity index (χ4n) is 2.02. The van der Waals surface area contributed by atoms with Crippen LogP contribution in [0.2, 0.25) is 0 Å². The Morgan fingerprint density at radius 2 is 1.96 bits per heavy atom. The first-order valence-corrected chi connectivity index (χ1v) is 9.13. The molecule has 6 N–H and O–H groups in total. The van der Waals surface area contributed by atoms with Crippen molar-refractivity contribution >= 4 is 55.8 Å². The number of benzene rings is 1. The number of rotatable bonds is 9. The van der Waals surface area contributed by atoms with Crippen molar-refractivity contribution in [2.24, 2.45) is 16.5 Å². The molecule has 26 heavy (non-hydrogen) atoms. The third kappa shape index (κ3) is 7.44. The Morgan fingerprint density at radius 1 is 1.35 bits per heavy atom. The summed E-state index contributed by atoms with van der Waals surface area (Å²) >= 11 is 6.75. The van der Waals surface area contributed by atoms with Crippen LogP contribution in [-0.2, 0) is 9.59 Å². The lowest BCUT2D eigenvalue weighted by Crippen LogP contribution is -2.40. The number of nitrogens with zero attached hydrogens (tertiary/aromatic N) is 1. The van der Waals surface area contributed by atoms with E-state index in [9.17, 15) is 14.7 Å². The number of hydrogen-bond donors (Lipinski definition) is 4. The first-order chi connectivity index (χ1) is 12.2. The highest BCUT2D eigenvalue weighted by atomic mass is 79.9. The second kappa shape index (κ2) is 10.8. The molecule has 0 fully saturated rings. The van der Waals surface area contributed by atoms with E-state index >= 15 is 0 Å². The Bertz CT molecular complexity index is 695. The summed E-state index contributed by atoms with van der Waals surface area (Å²) in [6.07, 6.45) is 3.48. The number of guanidine groups is 1. The maximum Gasteiger partial charge on any atom is 0.326 e. The lowest BCUT2D eigenvalue weighted by Gasteiger charge is -2.12. The van der Waals surface area contributed by atoms with Crippen LogP contribution < -0.4 is 21.5 Å². The van der Waals surface area contributed by atoms with E-state index in [1.54, 1.807) is 25.3 Å². The predicted octanol–water partition coefficient (Wildman–Crippen LogP) is 1.86. The van der Waals surface area contributed by atoms with Gasteiger partial charge in [-0.05, 0) is 68.5 Å². The van der Waals surface area contributed by atoms with Gasteiger partial charge in [0.15, 0.2) is 5.96 Å². The van der Waals surface area contributed by atoms with Crippen LogP contribution in [0.4, 0.5) is 0 Å². The highest BCUT2D eigenvalue weighted by Gasteiger charge is 2.18. The monoisotopic (exact) mass is 490 g/mol. The van der Waals surface area contributed by atoms with Gasteiger partial charge in [0.1, 0.15) is 11.8 Å². The number of halogens is 2. The second-order valence-electron chi connectivity index (χ2n) is 5.20. The zero-order valence-corrected chi connectivity index (χ0v) is 17.2. The molecule has 0 aliphatic rings. The Hall–Kier alpha value is -2.07. The molecule has 0 aliphatic heterocycles. The lowest BCUT2D eigenvalue weighted by molar-refractivity contribution is -0.141. The Labute approximate surface area is 167 Å². The lowest BCUT2D eigenvalue weighted by atomic mass is 10.1. The molecule has 0 saturated heterocycles. The van der Waals surface area contributed by atoms with Gasteiger partial charge in [-0.25, -0.2) is 4.79 Å². The number of aliphatic carboxylic acids is 1. The van der Waals surface area contributed by atoms with Crippen LogP contribution in [0.5, 0.6) is 5.75 Å². The maximum atomic E-state index is 12.0. The highest BCUT2D eigenvalue weighted by molar-refractivity contribution is 9.11. The molecule has 10 heteroatoms. The number of carboxylic acids is 1. The Kier molecular flexibility index (Phi) is 9.14. The summed E-state index contributed by atoms with van der Waals surface area (Å²) in [5.41, 5.74) is 11.1. The first kappa shape index (κ1) is 22.0. The maximum absolute atomic E-state index is 12.0. The van der Waals surface area contributed by atoms with E-state index in [4.69, 9.17) is 16.2 Å². The predicted molar refractivity (Wildman–Crippen MR) is 107 cm³/mol. The van der Waals surface area contributed by atoms with Crippen LogP contribution in [0.15, 0.2) is 32.1 Å². The molecule has 0 saturated carbocycles. The third-order valence-corrected chi connectivity index (χ3v) is 4.39. The molecule has 142 valence electrons. The number of methoxy groups -OCH3 is 1. The van der Waals surface area contributed by atoms with Crippen molar-refractivity contribution in [3.63, 3.8) is 0 Å². The molecule has 0 bridgehead atoms. The molecule has 1 rings (SSSR count). The largest absolute Gasteiger partial charge is 0.494 e. The van der Waals surface area contributed by atoms with E-state index < -0.39 is 17.9 Å². The van der Waals surface area contributed by atoms with Crippen molar-refractivity contribution in [2.75, 3.05) is 13.7 Å². The van der Waals surface area contributed by atoms with Gasteiger partial charge in [-0.15, -0.1) is 0 Å². The van der Waals surface area contributed by atoms with E-state index in [2.05, 4.69) is 42.2 Å². The number of ether oxygens (including phenoxy) is 1. The van der Waals surface area contributed by atoms with Crippen molar-refractivity contribution < 1.29 is 19.4 Å². The number of nitrogens with one attached hydrogen (secondary N) is 1. The quantitative estimate of drug-likeness (QED) is 0.180. The summed E-state index contributed by atoms with van der Waals surface area (Å²) in [5.74, 6) is -1.05. The average molecular weight is 492 g/mol. The molecule has 0 spiro atoms. The Morgan fingerprint density at radius 3 is 2.46 bits per heavy atom. The normalized spacial score (nSPS) is 11.8. The zero-order valence-electron chi connectivity index (χ0n) is 14.0. The molecule has 0 radical (unpaired) electrons. The standard InChI is InChI=1S/C16H20Br2N4O4/c1-26-14-10(17)7-9(8-11(14)18)4-5-13(23)22-12(15(24)25)3-2-6-21-16(19)20/h4-5,7-8,12H,2-3,6H2,1H3,(H,22,23)(H,24,25)(H4,19,20,21)/t12-/m1/s1. The number of hydrogen-bond acceptors (Lipinski definition) is 4. The summed E-state index contributed by atoms with van der Waals surface area (Å²) in [7, 11) is 1.55. The topological polar surface area (TPSA) is 140 Å². The minimum absolute atomic E-state index is 0.0549. The highest BCUT2D eigenvalue weighted by Crippen LogP contribution is 2.34. The third-order valence-electron chi connectivity index (χ3n) is 3.21. The zero-order chi connectivity index (χ0) is 19.7. The molecule has 1 atom stereocenters. The van der Waals surface area contributed by atoms with Crippen LogP contribution in [0.1, 0.15) is 18.4 Å². The molecule has 0 aromatic heterocycles. The summed E-state index contributed by atoms with van der Waals surface area (Å²) in [4.78, 5) is 27.0. The van der Waals surface area contributed by atoms with Crippen LogP contribution >= 0.6 is 31.9 Å². The Balaban J connectivity index is 2.69. The van der Waals surface area contributed by atoms with Gasteiger partial charge in [0, 0.05) is 12.6 Å².